The number of furan rings is 1. The number of halogens is 2. The van der Waals surface area contributed by atoms with Crippen molar-refractivity contribution in [3.63, 3.8) is 0 Å². The molecule has 4 heterocycles. The average molecular weight is 426 g/mol. The van der Waals surface area contributed by atoms with Crippen molar-refractivity contribution < 1.29 is 9.15 Å². The van der Waals surface area contributed by atoms with E-state index in [2.05, 4.69) is 38.3 Å². The van der Waals surface area contributed by atoms with Crippen LogP contribution in [0.5, 0.6) is 0 Å². The van der Waals surface area contributed by atoms with Crippen molar-refractivity contribution in [1.29, 1.82) is 0 Å². The number of aromatic nitrogens is 3. The molecule has 1 saturated heterocycles. The molecule has 0 atom stereocenters. The summed E-state index contributed by atoms with van der Waals surface area (Å²) in [7, 11) is 0. The summed E-state index contributed by atoms with van der Waals surface area (Å²) in [6, 6.07) is 3.78. The molecule has 0 amide bonds. The molecular formula is C17H18BrClN4O2. The second-order valence-electron chi connectivity index (χ2n) is 6.14. The van der Waals surface area contributed by atoms with Crippen molar-refractivity contribution in [2.75, 3.05) is 18.5 Å². The number of fused-ring (bicyclic) bond motifs is 1. The zero-order valence-electron chi connectivity index (χ0n) is 13.8. The maximum Gasteiger partial charge on any atom is 0.243 e. The highest BCUT2D eigenvalue weighted by molar-refractivity contribution is 9.10. The second kappa shape index (κ2) is 6.97. The van der Waals surface area contributed by atoms with Crippen molar-refractivity contribution in [1.82, 2.24) is 14.6 Å². The molecule has 0 spiro atoms. The van der Waals surface area contributed by atoms with Crippen LogP contribution in [0.4, 0.5) is 5.82 Å². The number of hydrogen-bond acceptors (Lipinski definition) is 5. The van der Waals surface area contributed by atoms with E-state index in [0.717, 1.165) is 47.5 Å². The van der Waals surface area contributed by atoms with Gasteiger partial charge < -0.3 is 14.5 Å². The van der Waals surface area contributed by atoms with E-state index in [1.807, 2.05) is 16.6 Å². The van der Waals surface area contributed by atoms with E-state index in [-0.39, 0.29) is 5.28 Å². The number of ether oxygens (including phenoxy) is 1. The van der Waals surface area contributed by atoms with Crippen molar-refractivity contribution in [3.8, 4) is 0 Å². The number of nitrogens with zero attached hydrogens (tertiary/aromatic N) is 3. The van der Waals surface area contributed by atoms with Crippen LogP contribution in [0.25, 0.3) is 5.52 Å². The smallest absolute Gasteiger partial charge is 0.243 e. The third kappa shape index (κ3) is 3.16. The van der Waals surface area contributed by atoms with Gasteiger partial charge in [-0.2, -0.15) is 4.98 Å². The predicted octanol–water partition coefficient (Wildman–Crippen LogP) is 4.55. The van der Waals surface area contributed by atoms with E-state index in [9.17, 15) is 0 Å². The Morgan fingerprint density at radius 3 is 2.92 bits per heavy atom. The van der Waals surface area contributed by atoms with Crippen LogP contribution in [0.2, 0.25) is 5.28 Å². The van der Waals surface area contributed by atoms with Crippen LogP contribution in [0.3, 0.4) is 0 Å². The van der Waals surface area contributed by atoms with Crippen LogP contribution in [0.1, 0.15) is 35.6 Å². The largest absolute Gasteiger partial charge is 0.467 e. The minimum Gasteiger partial charge on any atom is -0.467 e. The van der Waals surface area contributed by atoms with Crippen molar-refractivity contribution in [2.45, 2.75) is 32.2 Å². The van der Waals surface area contributed by atoms with Gasteiger partial charge in [0.2, 0.25) is 5.28 Å². The van der Waals surface area contributed by atoms with Gasteiger partial charge in [0, 0.05) is 13.2 Å². The van der Waals surface area contributed by atoms with E-state index >= 15 is 0 Å². The Morgan fingerprint density at radius 1 is 1.40 bits per heavy atom. The molecule has 0 bridgehead atoms. The predicted molar refractivity (Wildman–Crippen MR) is 99.3 cm³/mol. The van der Waals surface area contributed by atoms with Gasteiger partial charge in [0.25, 0.3) is 0 Å². The van der Waals surface area contributed by atoms with Gasteiger partial charge in [0.15, 0.2) is 5.82 Å². The molecular weight excluding hydrogens is 408 g/mol. The fourth-order valence-corrected chi connectivity index (χ4v) is 4.48. The molecule has 6 nitrogen and oxygen atoms in total. The van der Waals surface area contributed by atoms with Crippen molar-refractivity contribution in [2.24, 2.45) is 0 Å². The Hall–Kier alpha value is -1.57. The van der Waals surface area contributed by atoms with Gasteiger partial charge in [0.1, 0.15) is 15.9 Å². The molecule has 1 aliphatic heterocycles. The van der Waals surface area contributed by atoms with Gasteiger partial charge in [-0.3, -0.25) is 0 Å². The number of hydrogen-bond donors (Lipinski definition) is 1. The molecule has 1 fully saturated rings. The Labute approximate surface area is 158 Å². The number of anilines is 1. The van der Waals surface area contributed by atoms with E-state index < -0.39 is 0 Å². The zero-order chi connectivity index (χ0) is 17.4. The fraction of sp³-hybridized carbons (Fsp3) is 0.412. The summed E-state index contributed by atoms with van der Waals surface area (Å²) < 4.78 is 13.7. The van der Waals surface area contributed by atoms with Gasteiger partial charge in [0.05, 0.1) is 12.8 Å². The van der Waals surface area contributed by atoms with Crippen LogP contribution in [0.15, 0.2) is 27.4 Å². The summed E-state index contributed by atoms with van der Waals surface area (Å²) in [4.78, 5) is 4.40. The Bertz CT molecular complexity index is 888. The van der Waals surface area contributed by atoms with Crippen molar-refractivity contribution >= 4 is 38.9 Å². The zero-order valence-corrected chi connectivity index (χ0v) is 16.1. The summed E-state index contributed by atoms with van der Waals surface area (Å²) in [5, 5.41) is 7.90. The first-order chi connectivity index (χ1) is 12.1. The molecule has 0 saturated carbocycles. The lowest BCUT2D eigenvalue weighted by molar-refractivity contribution is 0.0851. The first-order valence-corrected chi connectivity index (χ1v) is 9.40. The van der Waals surface area contributed by atoms with Crippen molar-refractivity contribution in [3.05, 3.63) is 45.2 Å². The lowest BCUT2D eigenvalue weighted by Gasteiger charge is -2.22. The normalized spacial score (nSPS) is 15.8. The topological polar surface area (TPSA) is 64.6 Å². The van der Waals surface area contributed by atoms with E-state index in [1.54, 1.807) is 6.26 Å². The molecule has 3 aromatic heterocycles. The molecule has 1 aliphatic rings. The molecule has 0 radical (unpaired) electrons. The SMILES string of the molecule is Cc1c(C2CCOCC2)c(Br)n2nc(Cl)nc(NCc3ccco3)c12. The Balaban J connectivity index is 1.77. The third-order valence-electron chi connectivity index (χ3n) is 4.63. The van der Waals surface area contributed by atoms with Crippen LogP contribution in [-0.4, -0.2) is 27.8 Å². The highest BCUT2D eigenvalue weighted by atomic mass is 79.9. The van der Waals surface area contributed by atoms with Gasteiger partial charge >= 0.3 is 0 Å². The monoisotopic (exact) mass is 424 g/mol. The molecule has 3 aromatic rings. The van der Waals surface area contributed by atoms with Gasteiger partial charge in [-0.05, 0) is 76.5 Å². The fourth-order valence-electron chi connectivity index (χ4n) is 3.44. The summed E-state index contributed by atoms with van der Waals surface area (Å²) in [6.07, 6.45) is 3.67. The minimum absolute atomic E-state index is 0.198. The van der Waals surface area contributed by atoms with Gasteiger partial charge in [-0.25, -0.2) is 4.52 Å². The molecule has 0 aromatic carbocycles. The van der Waals surface area contributed by atoms with Crippen LogP contribution in [-0.2, 0) is 11.3 Å². The molecule has 25 heavy (non-hydrogen) atoms. The Morgan fingerprint density at radius 2 is 2.20 bits per heavy atom. The lowest BCUT2D eigenvalue weighted by atomic mass is 9.91. The molecule has 4 rings (SSSR count). The number of nitrogens with one attached hydrogen (secondary N) is 1. The summed E-state index contributed by atoms with van der Waals surface area (Å²) in [5.74, 6) is 1.98. The molecule has 1 N–H and O–H groups in total. The molecule has 132 valence electrons. The van der Waals surface area contributed by atoms with Gasteiger partial charge in [-0.15, -0.1) is 5.10 Å². The van der Waals surface area contributed by atoms with Gasteiger partial charge in [-0.1, -0.05) is 0 Å². The number of rotatable bonds is 4. The number of aryl methyl sites for hydroxylation is 1. The average Bonchev–Trinajstić information content (AvgIpc) is 3.21. The standard InChI is InChI=1S/C17H18BrClN4O2/c1-10-13(11-4-7-24-8-5-11)15(18)23-14(10)16(21-17(19)22-23)20-9-12-3-2-6-25-12/h2-3,6,11H,4-5,7-9H2,1H3,(H,20,21,22). The van der Waals surface area contributed by atoms with E-state index in [0.29, 0.717) is 18.3 Å². The Kier molecular flexibility index (Phi) is 4.71. The van der Waals surface area contributed by atoms with E-state index in [4.69, 9.17) is 20.8 Å². The lowest BCUT2D eigenvalue weighted by Crippen LogP contribution is -2.14. The first-order valence-electron chi connectivity index (χ1n) is 8.23. The van der Waals surface area contributed by atoms with Crippen LogP contribution in [0, 0.1) is 6.92 Å². The highest BCUT2D eigenvalue weighted by Gasteiger charge is 2.26. The maximum atomic E-state index is 6.16. The molecule has 0 aliphatic carbocycles. The maximum absolute atomic E-state index is 6.16. The second-order valence-corrected chi connectivity index (χ2v) is 7.23. The summed E-state index contributed by atoms with van der Waals surface area (Å²) >= 11 is 9.88. The van der Waals surface area contributed by atoms with E-state index in [1.165, 1.54) is 5.56 Å². The summed E-state index contributed by atoms with van der Waals surface area (Å²) in [5.41, 5.74) is 3.36. The molecule has 0 unspecified atom stereocenters. The van der Waals surface area contributed by atoms with Crippen LogP contribution < -0.4 is 5.32 Å². The molecule has 8 heteroatoms. The summed E-state index contributed by atoms with van der Waals surface area (Å²) in [6.45, 7) is 4.22. The van der Waals surface area contributed by atoms with Crippen LogP contribution >= 0.6 is 27.5 Å². The quantitative estimate of drug-likeness (QED) is 0.664. The highest BCUT2D eigenvalue weighted by Crippen LogP contribution is 2.39. The minimum atomic E-state index is 0.198. The first kappa shape index (κ1) is 16.9. The third-order valence-corrected chi connectivity index (χ3v) is 5.55.